The Hall–Kier alpha value is -0.580. The highest BCUT2D eigenvalue weighted by Crippen LogP contribution is 2.34. The maximum atomic E-state index is 13.0. The van der Waals surface area contributed by atoms with E-state index in [4.69, 9.17) is 11.6 Å². The molecule has 3 nitrogen and oxygen atoms in total. The normalized spacial score (nSPS) is 26.7. The van der Waals surface area contributed by atoms with E-state index in [0.717, 1.165) is 32.2 Å². The lowest BCUT2D eigenvalue weighted by Gasteiger charge is -2.36. The fraction of sp³-hybridized carbons (Fsp3) is 0.625. The van der Waals surface area contributed by atoms with Crippen LogP contribution in [0, 0.1) is 5.92 Å². The highest BCUT2D eigenvalue weighted by atomic mass is 35.5. The van der Waals surface area contributed by atoms with Gasteiger partial charge < -0.3 is 5.32 Å². The summed E-state index contributed by atoms with van der Waals surface area (Å²) in [4.78, 5) is 0.386. The van der Waals surface area contributed by atoms with Crippen LogP contribution in [0.25, 0.3) is 0 Å². The molecule has 1 aliphatic carbocycles. The highest BCUT2D eigenvalue weighted by molar-refractivity contribution is 7.92. The largest absolute Gasteiger partial charge is 0.313 e. The molecule has 0 bridgehead atoms. The van der Waals surface area contributed by atoms with Gasteiger partial charge in [0.15, 0.2) is 9.84 Å². The maximum absolute atomic E-state index is 13.0. The zero-order valence-electron chi connectivity index (χ0n) is 12.7. The molecule has 118 valence electrons. The van der Waals surface area contributed by atoms with E-state index in [1.165, 1.54) is 0 Å². The van der Waals surface area contributed by atoms with Crippen molar-refractivity contribution in [3.8, 4) is 0 Å². The molecule has 0 radical (unpaired) electrons. The highest BCUT2D eigenvalue weighted by Gasteiger charge is 2.38. The van der Waals surface area contributed by atoms with Crippen molar-refractivity contribution in [3.05, 3.63) is 29.3 Å². The van der Waals surface area contributed by atoms with E-state index in [2.05, 4.69) is 12.2 Å². The van der Waals surface area contributed by atoms with Gasteiger partial charge in [-0.25, -0.2) is 8.42 Å². The van der Waals surface area contributed by atoms with Crippen LogP contribution in [0.15, 0.2) is 29.2 Å². The fourth-order valence-electron chi connectivity index (χ4n) is 3.22. The van der Waals surface area contributed by atoms with Crippen LogP contribution < -0.4 is 5.32 Å². The minimum atomic E-state index is -3.31. The van der Waals surface area contributed by atoms with Gasteiger partial charge in [-0.15, -0.1) is 0 Å². The number of sulfone groups is 1. The minimum Gasteiger partial charge on any atom is -0.313 e. The van der Waals surface area contributed by atoms with Gasteiger partial charge in [0, 0.05) is 11.1 Å². The molecular formula is C16H24ClNO2S. The second kappa shape index (κ2) is 7.12. The number of halogens is 1. The molecule has 2 rings (SSSR count). The van der Waals surface area contributed by atoms with E-state index in [0.29, 0.717) is 15.8 Å². The van der Waals surface area contributed by atoms with E-state index in [9.17, 15) is 8.42 Å². The van der Waals surface area contributed by atoms with Gasteiger partial charge in [0.25, 0.3) is 0 Å². The molecule has 0 aliphatic heterocycles. The van der Waals surface area contributed by atoms with Gasteiger partial charge in [-0.2, -0.15) is 0 Å². The monoisotopic (exact) mass is 329 g/mol. The van der Waals surface area contributed by atoms with Crippen LogP contribution in [-0.4, -0.2) is 26.3 Å². The van der Waals surface area contributed by atoms with Crippen molar-refractivity contribution in [3.63, 3.8) is 0 Å². The Morgan fingerprint density at radius 1 is 1.19 bits per heavy atom. The molecule has 1 aliphatic rings. The van der Waals surface area contributed by atoms with Gasteiger partial charge in [-0.05, 0) is 56.0 Å². The summed E-state index contributed by atoms with van der Waals surface area (Å²) >= 11 is 5.86. The number of hydrogen-bond acceptors (Lipinski definition) is 3. The Bertz CT molecular complexity index is 556. The molecule has 0 heterocycles. The zero-order valence-corrected chi connectivity index (χ0v) is 14.3. The average molecular weight is 330 g/mol. The fourth-order valence-corrected chi connectivity index (χ4v) is 5.40. The number of benzene rings is 1. The molecule has 1 fully saturated rings. The Labute approximate surface area is 133 Å². The molecule has 0 spiro atoms. The predicted octanol–water partition coefficient (Wildman–Crippen LogP) is 3.67. The van der Waals surface area contributed by atoms with Gasteiger partial charge in [-0.1, -0.05) is 31.9 Å². The second-order valence-corrected chi connectivity index (χ2v) is 8.39. The van der Waals surface area contributed by atoms with Gasteiger partial charge in [-0.3, -0.25) is 0 Å². The summed E-state index contributed by atoms with van der Waals surface area (Å²) in [5, 5.41) is 3.59. The Morgan fingerprint density at radius 2 is 1.86 bits per heavy atom. The van der Waals surface area contributed by atoms with Crippen LogP contribution in [-0.2, 0) is 9.84 Å². The van der Waals surface area contributed by atoms with Crippen LogP contribution in [0.4, 0.5) is 0 Å². The number of hydrogen-bond donors (Lipinski definition) is 1. The molecule has 0 amide bonds. The van der Waals surface area contributed by atoms with Crippen molar-refractivity contribution in [2.24, 2.45) is 5.92 Å². The Morgan fingerprint density at radius 3 is 2.43 bits per heavy atom. The van der Waals surface area contributed by atoms with Crippen molar-refractivity contribution in [2.75, 3.05) is 6.54 Å². The lowest BCUT2D eigenvalue weighted by Crippen LogP contribution is -2.48. The van der Waals surface area contributed by atoms with Crippen molar-refractivity contribution in [2.45, 2.75) is 55.7 Å². The summed E-state index contributed by atoms with van der Waals surface area (Å²) < 4.78 is 25.9. The average Bonchev–Trinajstić information content (AvgIpc) is 2.48. The molecule has 1 aromatic rings. The lowest BCUT2D eigenvalue weighted by atomic mass is 9.84. The molecule has 21 heavy (non-hydrogen) atoms. The third kappa shape index (κ3) is 3.79. The van der Waals surface area contributed by atoms with Gasteiger partial charge in [0.2, 0.25) is 0 Å². The van der Waals surface area contributed by atoms with Crippen LogP contribution in [0.1, 0.15) is 39.5 Å². The summed E-state index contributed by atoms with van der Waals surface area (Å²) in [6, 6.07) is 6.60. The summed E-state index contributed by atoms with van der Waals surface area (Å²) in [6.07, 6.45) is 3.84. The zero-order chi connectivity index (χ0) is 15.5. The van der Waals surface area contributed by atoms with Crippen LogP contribution in [0.3, 0.4) is 0 Å². The molecule has 1 aromatic carbocycles. The molecular weight excluding hydrogens is 306 g/mol. The predicted molar refractivity (Wildman–Crippen MR) is 87.5 cm³/mol. The molecule has 1 saturated carbocycles. The van der Waals surface area contributed by atoms with E-state index < -0.39 is 9.84 Å². The maximum Gasteiger partial charge on any atom is 0.182 e. The van der Waals surface area contributed by atoms with Gasteiger partial charge >= 0.3 is 0 Å². The van der Waals surface area contributed by atoms with Crippen molar-refractivity contribution >= 4 is 21.4 Å². The minimum absolute atomic E-state index is 0.0541. The smallest absolute Gasteiger partial charge is 0.182 e. The standard InChI is InChI=1S/C16H24ClNO2S/c1-3-12-5-10-15(18-4-2)16(11-12)21(19,20)14-8-6-13(17)7-9-14/h6-9,12,15-16,18H,3-5,10-11H2,1-2H3. The summed E-state index contributed by atoms with van der Waals surface area (Å²) in [5.41, 5.74) is 0. The molecule has 3 unspecified atom stereocenters. The van der Waals surface area contributed by atoms with E-state index in [1.54, 1.807) is 24.3 Å². The first kappa shape index (κ1) is 16.8. The molecule has 1 N–H and O–H groups in total. The Balaban J connectivity index is 2.31. The topological polar surface area (TPSA) is 46.2 Å². The van der Waals surface area contributed by atoms with Crippen molar-refractivity contribution in [1.82, 2.24) is 5.32 Å². The summed E-state index contributed by atoms with van der Waals surface area (Å²) in [6.45, 7) is 4.97. The molecule has 3 atom stereocenters. The molecule has 5 heteroatoms. The number of nitrogens with one attached hydrogen (secondary N) is 1. The quantitative estimate of drug-likeness (QED) is 0.896. The van der Waals surface area contributed by atoms with E-state index in [1.807, 2.05) is 6.92 Å². The van der Waals surface area contributed by atoms with Crippen LogP contribution >= 0.6 is 11.6 Å². The third-order valence-electron chi connectivity index (χ3n) is 4.48. The molecule has 0 saturated heterocycles. The van der Waals surface area contributed by atoms with E-state index >= 15 is 0 Å². The van der Waals surface area contributed by atoms with Crippen molar-refractivity contribution in [1.29, 1.82) is 0 Å². The molecule has 0 aromatic heterocycles. The first-order valence-corrected chi connectivity index (χ1v) is 9.64. The summed E-state index contributed by atoms with van der Waals surface area (Å²) in [7, 11) is -3.31. The summed E-state index contributed by atoms with van der Waals surface area (Å²) in [5.74, 6) is 0.506. The van der Waals surface area contributed by atoms with Gasteiger partial charge in [0.1, 0.15) is 0 Å². The second-order valence-electron chi connectivity index (χ2n) is 5.79. The first-order chi connectivity index (χ1) is 9.98. The first-order valence-electron chi connectivity index (χ1n) is 7.71. The van der Waals surface area contributed by atoms with Crippen LogP contribution in [0.2, 0.25) is 5.02 Å². The van der Waals surface area contributed by atoms with Gasteiger partial charge in [0.05, 0.1) is 10.1 Å². The van der Waals surface area contributed by atoms with Crippen molar-refractivity contribution < 1.29 is 8.42 Å². The lowest BCUT2D eigenvalue weighted by molar-refractivity contribution is 0.290. The number of rotatable bonds is 5. The van der Waals surface area contributed by atoms with Crippen LogP contribution in [0.5, 0.6) is 0 Å². The van der Waals surface area contributed by atoms with E-state index in [-0.39, 0.29) is 11.3 Å². The SMILES string of the molecule is CCNC1CCC(CC)CC1S(=O)(=O)c1ccc(Cl)cc1. The third-order valence-corrected chi connectivity index (χ3v) is 6.98. The Kier molecular flexibility index (Phi) is 5.69.